The first-order valence-corrected chi connectivity index (χ1v) is 11.2. The zero-order chi connectivity index (χ0) is 27.6. The summed E-state index contributed by atoms with van der Waals surface area (Å²) in [6, 6.07) is -2.38. The van der Waals surface area contributed by atoms with Gasteiger partial charge in [0.15, 0.2) is 12.2 Å². The first-order chi connectivity index (χ1) is 16.7. The Kier molecular flexibility index (Phi) is 12.1. The third-order valence-electron chi connectivity index (χ3n) is 4.78. The molecule has 0 unspecified atom stereocenters. The number of hydrogen-bond donors (Lipinski definition) is 2. The van der Waals surface area contributed by atoms with Crippen LogP contribution in [0, 0.1) is 5.92 Å². The number of methoxy groups -OCH3 is 1. The Morgan fingerprint density at radius 1 is 0.861 bits per heavy atom. The number of ether oxygens (including phenoxy) is 6. The molecule has 0 aromatic rings. The number of carbonyl (C=O) groups is 6. The van der Waals surface area contributed by atoms with Crippen LogP contribution in [0.25, 0.3) is 0 Å². The summed E-state index contributed by atoms with van der Waals surface area (Å²) in [6.07, 6.45) is -6.46. The van der Waals surface area contributed by atoms with Gasteiger partial charge in [-0.15, -0.1) is 0 Å². The van der Waals surface area contributed by atoms with Crippen molar-refractivity contribution in [2.75, 3.05) is 13.7 Å². The Bertz CT molecular complexity index is 830. The van der Waals surface area contributed by atoms with Crippen molar-refractivity contribution < 1.29 is 57.2 Å². The van der Waals surface area contributed by atoms with E-state index in [2.05, 4.69) is 10.6 Å². The molecule has 0 aromatic carbocycles. The quantitative estimate of drug-likeness (QED) is 0.291. The number of amides is 2. The normalized spacial score (nSPS) is 24.1. The summed E-state index contributed by atoms with van der Waals surface area (Å²) in [5.74, 6) is -3.56. The first kappa shape index (κ1) is 30.6. The fourth-order valence-electron chi connectivity index (χ4n) is 3.50. The molecule has 0 radical (unpaired) electrons. The van der Waals surface area contributed by atoms with Crippen molar-refractivity contribution in [3.8, 4) is 0 Å². The van der Waals surface area contributed by atoms with Crippen LogP contribution in [0.2, 0.25) is 0 Å². The van der Waals surface area contributed by atoms with E-state index in [1.54, 1.807) is 0 Å². The van der Waals surface area contributed by atoms with Crippen LogP contribution in [0.3, 0.4) is 0 Å². The van der Waals surface area contributed by atoms with E-state index in [-0.39, 0.29) is 12.3 Å². The van der Waals surface area contributed by atoms with E-state index in [1.165, 1.54) is 0 Å². The van der Waals surface area contributed by atoms with E-state index in [1.807, 2.05) is 13.8 Å². The molecule has 14 nitrogen and oxygen atoms in total. The maximum absolute atomic E-state index is 12.7. The Labute approximate surface area is 208 Å². The predicted molar refractivity (Wildman–Crippen MR) is 119 cm³/mol. The molecule has 1 saturated heterocycles. The number of rotatable bonds is 10. The molecule has 6 atom stereocenters. The van der Waals surface area contributed by atoms with Gasteiger partial charge in [0.2, 0.25) is 12.2 Å². The van der Waals surface area contributed by atoms with Gasteiger partial charge >= 0.3 is 30.0 Å². The Hall–Kier alpha value is -3.42. The Morgan fingerprint density at radius 3 is 1.92 bits per heavy atom. The van der Waals surface area contributed by atoms with Gasteiger partial charge in [0.1, 0.15) is 24.8 Å². The van der Waals surface area contributed by atoms with Crippen LogP contribution in [0.1, 0.15) is 48.0 Å². The number of hydrogen-bond acceptors (Lipinski definition) is 12. The zero-order valence-electron chi connectivity index (χ0n) is 21.4. The largest absolute Gasteiger partial charge is 0.467 e. The molecule has 1 rings (SSSR count). The minimum Gasteiger partial charge on any atom is -0.467 e. The summed E-state index contributed by atoms with van der Waals surface area (Å²) in [5.41, 5.74) is 0. The fraction of sp³-hybridized carbons (Fsp3) is 0.727. The molecule has 36 heavy (non-hydrogen) atoms. The molecule has 0 bridgehead atoms. The van der Waals surface area contributed by atoms with Gasteiger partial charge < -0.3 is 39.1 Å². The second-order valence-electron chi connectivity index (χ2n) is 8.47. The topological polar surface area (TPSA) is 182 Å². The summed E-state index contributed by atoms with van der Waals surface area (Å²) >= 11 is 0. The van der Waals surface area contributed by atoms with Crippen LogP contribution >= 0.6 is 0 Å². The third-order valence-corrected chi connectivity index (χ3v) is 4.78. The lowest BCUT2D eigenvalue weighted by molar-refractivity contribution is -0.263. The average Bonchev–Trinajstić information content (AvgIpc) is 2.74. The van der Waals surface area contributed by atoms with E-state index in [0.29, 0.717) is 0 Å². The lowest BCUT2D eigenvalue weighted by atomic mass is 9.96. The van der Waals surface area contributed by atoms with E-state index in [0.717, 1.165) is 34.8 Å². The molecular weight excluding hydrogens is 484 g/mol. The fourth-order valence-corrected chi connectivity index (χ4v) is 3.50. The summed E-state index contributed by atoms with van der Waals surface area (Å²) in [7, 11) is 1.16. The maximum atomic E-state index is 12.7. The van der Waals surface area contributed by atoms with Gasteiger partial charge in [-0.2, -0.15) is 0 Å². The summed E-state index contributed by atoms with van der Waals surface area (Å²) in [5, 5.41) is 4.84. The zero-order valence-corrected chi connectivity index (χ0v) is 21.4. The van der Waals surface area contributed by atoms with Gasteiger partial charge in [-0.05, 0) is 12.3 Å². The molecular formula is C22H34N2O12. The number of carbonyl (C=O) groups excluding carboxylic acids is 6. The number of alkyl carbamates (subject to hydrolysis) is 1. The molecule has 0 aromatic heterocycles. The van der Waals surface area contributed by atoms with Crippen LogP contribution in [0.5, 0.6) is 0 Å². The molecule has 1 fully saturated rings. The second kappa shape index (κ2) is 14.2. The standard InChI is InChI=1S/C22H34N2O12/c1-10(2)8-15(20(29)31-7)24-22(30)36-21-17(23-11(3)25)19(34-14(6)28)18(33-13(5)27)16(35-21)9-32-12(4)26/h10,15-19,21H,8-9H2,1-7H3,(H,23,25)(H,24,30)/t15-,16+,17+,18+,19+,21-/m0/s1. The van der Waals surface area contributed by atoms with Gasteiger partial charge in [-0.3, -0.25) is 19.2 Å². The molecule has 2 N–H and O–H groups in total. The molecule has 14 heteroatoms. The van der Waals surface area contributed by atoms with Crippen molar-refractivity contribution in [1.82, 2.24) is 10.6 Å². The van der Waals surface area contributed by atoms with Crippen molar-refractivity contribution >= 4 is 35.9 Å². The number of esters is 4. The van der Waals surface area contributed by atoms with Gasteiger partial charge in [-0.25, -0.2) is 9.59 Å². The van der Waals surface area contributed by atoms with Crippen molar-refractivity contribution in [2.45, 2.75) is 84.6 Å². The second-order valence-corrected chi connectivity index (χ2v) is 8.47. The van der Waals surface area contributed by atoms with Crippen molar-refractivity contribution in [3.63, 3.8) is 0 Å². The minimum absolute atomic E-state index is 0.0124. The van der Waals surface area contributed by atoms with E-state index >= 15 is 0 Å². The Morgan fingerprint density at radius 2 is 1.44 bits per heavy atom. The van der Waals surface area contributed by atoms with Crippen LogP contribution in [0.4, 0.5) is 4.79 Å². The van der Waals surface area contributed by atoms with E-state index < -0.39 is 79.2 Å². The molecule has 1 aliphatic heterocycles. The minimum atomic E-state index is -1.61. The molecule has 0 saturated carbocycles. The smallest absolute Gasteiger partial charge is 0.410 e. The number of nitrogens with one attached hydrogen (secondary N) is 2. The lowest BCUT2D eigenvalue weighted by Crippen LogP contribution is -2.67. The molecule has 1 heterocycles. The van der Waals surface area contributed by atoms with Crippen LogP contribution in [0.15, 0.2) is 0 Å². The summed E-state index contributed by atoms with van der Waals surface area (Å²) in [4.78, 5) is 71.7. The van der Waals surface area contributed by atoms with Gasteiger partial charge in [0.05, 0.1) is 7.11 Å². The van der Waals surface area contributed by atoms with Crippen LogP contribution < -0.4 is 10.6 Å². The Balaban J connectivity index is 3.32. The maximum Gasteiger partial charge on any atom is 0.410 e. The van der Waals surface area contributed by atoms with Gasteiger partial charge in [-0.1, -0.05) is 13.8 Å². The highest BCUT2D eigenvalue weighted by Crippen LogP contribution is 2.28. The van der Waals surface area contributed by atoms with Crippen molar-refractivity contribution in [2.24, 2.45) is 5.92 Å². The average molecular weight is 519 g/mol. The lowest BCUT2D eigenvalue weighted by Gasteiger charge is -2.44. The molecule has 2 amide bonds. The summed E-state index contributed by atoms with van der Waals surface area (Å²) < 4.78 is 31.3. The van der Waals surface area contributed by atoms with E-state index in [4.69, 9.17) is 28.4 Å². The highest BCUT2D eigenvalue weighted by molar-refractivity contribution is 5.81. The highest BCUT2D eigenvalue weighted by Gasteiger charge is 2.52. The summed E-state index contributed by atoms with van der Waals surface area (Å²) in [6.45, 7) is 7.68. The third kappa shape index (κ3) is 10.1. The predicted octanol–water partition coefficient (Wildman–Crippen LogP) is -0.0436. The van der Waals surface area contributed by atoms with Gasteiger partial charge in [0.25, 0.3) is 0 Å². The van der Waals surface area contributed by atoms with Crippen LogP contribution in [-0.4, -0.2) is 86.3 Å². The molecule has 204 valence electrons. The van der Waals surface area contributed by atoms with Crippen LogP contribution in [-0.2, 0) is 52.4 Å². The van der Waals surface area contributed by atoms with Crippen molar-refractivity contribution in [3.05, 3.63) is 0 Å². The SMILES string of the molecule is COC(=O)[C@H](CC(C)C)NC(=O)O[C@@H]1O[C@H](COC(C)=O)[C@@H](OC(C)=O)[C@H](OC(C)=O)[C@H]1NC(C)=O. The van der Waals surface area contributed by atoms with E-state index in [9.17, 15) is 28.8 Å². The molecule has 0 aliphatic carbocycles. The first-order valence-electron chi connectivity index (χ1n) is 11.2. The molecule has 1 aliphatic rings. The van der Waals surface area contributed by atoms with Crippen molar-refractivity contribution in [1.29, 1.82) is 0 Å². The monoisotopic (exact) mass is 518 g/mol. The highest BCUT2D eigenvalue weighted by atomic mass is 16.7. The molecule has 0 spiro atoms. The van der Waals surface area contributed by atoms with Gasteiger partial charge in [0, 0.05) is 27.7 Å².